The second-order valence-electron chi connectivity index (χ2n) is 4.88. The summed E-state index contributed by atoms with van der Waals surface area (Å²) in [5.41, 5.74) is -0.902. The minimum atomic E-state index is -4.52. The van der Waals surface area contributed by atoms with E-state index >= 15 is 0 Å². The lowest BCUT2D eigenvalue weighted by Gasteiger charge is -2.32. The highest BCUT2D eigenvalue weighted by atomic mass is 79.9. The van der Waals surface area contributed by atoms with Crippen LogP contribution in [0.1, 0.15) is 5.56 Å². The molecule has 2 rings (SSSR count). The van der Waals surface area contributed by atoms with Gasteiger partial charge in [-0.1, -0.05) is 0 Å². The van der Waals surface area contributed by atoms with Crippen LogP contribution in [-0.4, -0.2) is 39.5 Å². The molecule has 0 saturated heterocycles. The molecule has 10 heteroatoms. The maximum Gasteiger partial charge on any atom is 0.416 e. The minimum absolute atomic E-state index is 0.0680. The molecule has 0 unspecified atom stereocenters. The number of hydrogen-bond acceptors (Lipinski definition) is 6. The zero-order valence-electron chi connectivity index (χ0n) is 13.1. The molecule has 1 aliphatic rings. The molecule has 0 saturated carbocycles. The van der Waals surface area contributed by atoms with Gasteiger partial charge in [0.2, 0.25) is 0 Å². The van der Waals surface area contributed by atoms with E-state index in [9.17, 15) is 22.8 Å². The normalized spacial score (nSPS) is 15.2. The summed E-state index contributed by atoms with van der Waals surface area (Å²) < 4.78 is 53.1. The topological polar surface area (TPSA) is 65.1 Å². The number of alkyl halides is 3. The number of anilines is 1. The van der Waals surface area contributed by atoms with E-state index in [1.54, 1.807) is 0 Å². The highest BCUT2D eigenvalue weighted by Crippen LogP contribution is 2.37. The Morgan fingerprint density at radius 3 is 2.36 bits per heavy atom. The van der Waals surface area contributed by atoms with Gasteiger partial charge in [-0.15, -0.1) is 0 Å². The van der Waals surface area contributed by atoms with Crippen molar-refractivity contribution in [2.75, 3.05) is 32.5 Å². The standard InChI is InChI=1S/C15H13BrF3NO5/c1-23-13(21)9-6-25-7-20(12(9)14(22)24-2)11-4-3-8(5-10(11)16)15(17,18)19/h3-5H,6-7H2,1-2H3. The molecule has 1 heterocycles. The van der Waals surface area contributed by atoms with E-state index in [1.807, 2.05) is 0 Å². The highest BCUT2D eigenvalue weighted by Gasteiger charge is 2.35. The van der Waals surface area contributed by atoms with Gasteiger partial charge in [-0.3, -0.25) is 0 Å². The van der Waals surface area contributed by atoms with Crippen molar-refractivity contribution in [3.05, 3.63) is 39.5 Å². The van der Waals surface area contributed by atoms with E-state index in [0.717, 1.165) is 26.4 Å². The molecule has 0 amide bonds. The summed E-state index contributed by atoms with van der Waals surface area (Å²) in [6.07, 6.45) is -4.52. The minimum Gasteiger partial charge on any atom is -0.466 e. The summed E-state index contributed by atoms with van der Waals surface area (Å²) in [5.74, 6) is -1.64. The van der Waals surface area contributed by atoms with Crippen molar-refractivity contribution in [3.8, 4) is 0 Å². The predicted molar refractivity (Wildman–Crippen MR) is 83.5 cm³/mol. The molecule has 1 aromatic rings. The Balaban J connectivity index is 2.56. The van der Waals surface area contributed by atoms with Crippen molar-refractivity contribution >= 4 is 33.6 Å². The van der Waals surface area contributed by atoms with Crippen LogP contribution in [0.3, 0.4) is 0 Å². The van der Waals surface area contributed by atoms with Crippen LogP contribution in [0.25, 0.3) is 0 Å². The fraction of sp³-hybridized carbons (Fsp3) is 0.333. The summed E-state index contributed by atoms with van der Waals surface area (Å²) >= 11 is 3.06. The summed E-state index contributed by atoms with van der Waals surface area (Å²) in [6, 6.07) is 2.90. The van der Waals surface area contributed by atoms with Crippen molar-refractivity contribution in [2.24, 2.45) is 0 Å². The maximum absolute atomic E-state index is 12.8. The molecule has 0 N–H and O–H groups in total. The van der Waals surface area contributed by atoms with Gasteiger partial charge < -0.3 is 19.1 Å². The van der Waals surface area contributed by atoms with Gasteiger partial charge in [-0.25, -0.2) is 9.59 Å². The van der Waals surface area contributed by atoms with E-state index in [1.165, 1.54) is 11.0 Å². The third kappa shape index (κ3) is 3.96. The van der Waals surface area contributed by atoms with Gasteiger partial charge >= 0.3 is 18.1 Å². The highest BCUT2D eigenvalue weighted by molar-refractivity contribution is 9.10. The number of carbonyl (C=O) groups is 2. The van der Waals surface area contributed by atoms with E-state index < -0.39 is 23.7 Å². The van der Waals surface area contributed by atoms with E-state index in [-0.39, 0.29) is 34.8 Å². The monoisotopic (exact) mass is 423 g/mol. The smallest absolute Gasteiger partial charge is 0.416 e. The molecule has 0 aliphatic carbocycles. The Labute approximate surface area is 149 Å². The largest absolute Gasteiger partial charge is 0.466 e. The Morgan fingerprint density at radius 1 is 1.20 bits per heavy atom. The van der Waals surface area contributed by atoms with Gasteiger partial charge in [-0.05, 0) is 34.1 Å². The number of esters is 2. The van der Waals surface area contributed by atoms with Crippen LogP contribution < -0.4 is 4.90 Å². The molecule has 0 spiro atoms. The van der Waals surface area contributed by atoms with Crippen LogP contribution in [-0.2, 0) is 30.0 Å². The second kappa shape index (κ2) is 7.44. The van der Waals surface area contributed by atoms with Gasteiger partial charge in [-0.2, -0.15) is 13.2 Å². The van der Waals surface area contributed by atoms with Crippen molar-refractivity contribution in [2.45, 2.75) is 6.18 Å². The lowest BCUT2D eigenvalue weighted by atomic mass is 10.1. The number of benzene rings is 1. The average Bonchev–Trinajstić information content (AvgIpc) is 2.58. The molecule has 0 fully saturated rings. The zero-order valence-corrected chi connectivity index (χ0v) is 14.7. The molecule has 0 radical (unpaired) electrons. The average molecular weight is 424 g/mol. The lowest BCUT2D eigenvalue weighted by Crippen LogP contribution is -2.39. The van der Waals surface area contributed by atoms with Crippen molar-refractivity contribution in [1.29, 1.82) is 0 Å². The molecular weight excluding hydrogens is 411 g/mol. The quantitative estimate of drug-likeness (QED) is 0.696. The van der Waals surface area contributed by atoms with Crippen molar-refractivity contribution in [1.82, 2.24) is 0 Å². The first kappa shape index (κ1) is 19.3. The number of halogens is 4. The molecule has 1 aliphatic heterocycles. The Hall–Kier alpha value is -2.07. The van der Waals surface area contributed by atoms with E-state index in [0.29, 0.717) is 0 Å². The number of rotatable bonds is 3. The Kier molecular flexibility index (Phi) is 5.73. The molecular formula is C15H13BrF3NO5. The molecule has 6 nitrogen and oxygen atoms in total. The lowest BCUT2D eigenvalue weighted by molar-refractivity contribution is -0.140. The van der Waals surface area contributed by atoms with Gasteiger partial charge in [0, 0.05) is 4.47 Å². The second-order valence-corrected chi connectivity index (χ2v) is 5.73. The summed E-state index contributed by atoms with van der Waals surface area (Å²) in [4.78, 5) is 25.3. The van der Waals surface area contributed by atoms with Gasteiger partial charge in [0.25, 0.3) is 0 Å². The number of nitrogens with zero attached hydrogens (tertiary/aromatic N) is 1. The van der Waals surface area contributed by atoms with Crippen molar-refractivity contribution < 1.29 is 37.0 Å². The number of ether oxygens (including phenoxy) is 3. The molecule has 0 atom stereocenters. The number of hydrogen-bond donors (Lipinski definition) is 0. The first-order valence-corrected chi connectivity index (χ1v) is 7.61. The van der Waals surface area contributed by atoms with Gasteiger partial charge in [0.05, 0.1) is 37.7 Å². The van der Waals surface area contributed by atoms with Crippen LogP contribution in [0.2, 0.25) is 0 Å². The third-order valence-electron chi connectivity index (χ3n) is 3.40. The van der Waals surface area contributed by atoms with Gasteiger partial charge in [0.1, 0.15) is 12.4 Å². The molecule has 0 aromatic heterocycles. The number of methoxy groups -OCH3 is 2. The van der Waals surface area contributed by atoms with Crippen LogP contribution in [0.4, 0.5) is 18.9 Å². The summed E-state index contributed by atoms with van der Waals surface area (Å²) in [5, 5.41) is 0. The van der Waals surface area contributed by atoms with Crippen LogP contribution in [0.5, 0.6) is 0 Å². The summed E-state index contributed by atoms with van der Waals surface area (Å²) in [6.45, 7) is -0.346. The fourth-order valence-corrected chi connectivity index (χ4v) is 2.83. The van der Waals surface area contributed by atoms with E-state index in [4.69, 9.17) is 4.74 Å². The van der Waals surface area contributed by atoms with Gasteiger partial charge in [0.15, 0.2) is 0 Å². The molecule has 136 valence electrons. The first-order chi connectivity index (χ1) is 11.7. The fourth-order valence-electron chi connectivity index (χ4n) is 2.24. The molecule has 25 heavy (non-hydrogen) atoms. The summed E-state index contributed by atoms with van der Waals surface area (Å²) in [7, 11) is 2.26. The predicted octanol–water partition coefficient (Wildman–Crippen LogP) is 2.86. The first-order valence-electron chi connectivity index (χ1n) is 6.82. The SMILES string of the molecule is COC(=O)C1=C(C(=O)OC)N(c2ccc(C(F)(F)F)cc2Br)COC1. The molecule has 0 bridgehead atoms. The van der Waals surface area contributed by atoms with Crippen LogP contribution >= 0.6 is 15.9 Å². The van der Waals surface area contributed by atoms with E-state index in [2.05, 4.69) is 25.4 Å². The van der Waals surface area contributed by atoms with Crippen molar-refractivity contribution in [3.63, 3.8) is 0 Å². The van der Waals surface area contributed by atoms with Crippen LogP contribution in [0, 0.1) is 0 Å². The molecule has 1 aromatic carbocycles. The zero-order chi connectivity index (χ0) is 18.8. The Bertz CT molecular complexity index is 732. The van der Waals surface area contributed by atoms with Crippen LogP contribution in [0.15, 0.2) is 33.9 Å². The third-order valence-corrected chi connectivity index (χ3v) is 4.03. The number of carbonyl (C=O) groups excluding carboxylic acids is 2. The maximum atomic E-state index is 12.8. The Morgan fingerprint density at radius 2 is 1.84 bits per heavy atom.